The number of rotatable bonds is 6. The third-order valence-corrected chi connectivity index (χ3v) is 3.33. The standard InChI is InChI=1S/C15H22N2O/c1-3-9-17(10-8-16)12(2)15-11-13-6-4-5-7-14(13)18-15/h4-7,11-12H,3,8-10,16H2,1-2H3. The number of furan rings is 1. The van der Waals surface area contributed by atoms with Crippen molar-refractivity contribution in [3.63, 3.8) is 0 Å². The molecule has 0 bridgehead atoms. The van der Waals surface area contributed by atoms with Crippen LogP contribution in [0.4, 0.5) is 0 Å². The van der Waals surface area contributed by atoms with Crippen LogP contribution in [0.25, 0.3) is 11.0 Å². The van der Waals surface area contributed by atoms with Gasteiger partial charge in [0.15, 0.2) is 0 Å². The van der Waals surface area contributed by atoms with E-state index in [0.717, 1.165) is 30.9 Å². The van der Waals surface area contributed by atoms with E-state index in [1.54, 1.807) is 0 Å². The maximum absolute atomic E-state index is 5.92. The minimum absolute atomic E-state index is 0.279. The van der Waals surface area contributed by atoms with E-state index in [9.17, 15) is 0 Å². The van der Waals surface area contributed by atoms with Crippen LogP contribution in [0.3, 0.4) is 0 Å². The average Bonchev–Trinajstić information content (AvgIpc) is 2.81. The zero-order valence-corrected chi connectivity index (χ0v) is 11.2. The molecule has 18 heavy (non-hydrogen) atoms. The molecule has 0 fully saturated rings. The first kappa shape index (κ1) is 13.1. The second-order valence-corrected chi connectivity index (χ2v) is 4.69. The van der Waals surface area contributed by atoms with Crippen LogP contribution in [-0.2, 0) is 0 Å². The van der Waals surface area contributed by atoms with Crippen LogP contribution in [0.1, 0.15) is 32.1 Å². The Balaban J connectivity index is 2.22. The Morgan fingerprint density at radius 2 is 2.06 bits per heavy atom. The van der Waals surface area contributed by atoms with Gasteiger partial charge in [0.1, 0.15) is 11.3 Å². The molecule has 0 spiro atoms. The summed E-state index contributed by atoms with van der Waals surface area (Å²) in [5, 5.41) is 1.17. The minimum Gasteiger partial charge on any atom is -0.459 e. The Labute approximate surface area is 109 Å². The highest BCUT2D eigenvalue weighted by Gasteiger charge is 2.18. The van der Waals surface area contributed by atoms with Crippen molar-refractivity contribution >= 4 is 11.0 Å². The van der Waals surface area contributed by atoms with E-state index < -0.39 is 0 Å². The van der Waals surface area contributed by atoms with Crippen molar-refractivity contribution in [1.82, 2.24) is 4.90 Å². The molecule has 0 saturated carbocycles. The molecule has 98 valence electrons. The molecular formula is C15H22N2O. The van der Waals surface area contributed by atoms with Crippen LogP contribution >= 0.6 is 0 Å². The normalized spacial score (nSPS) is 13.3. The molecule has 1 aromatic heterocycles. The fourth-order valence-electron chi connectivity index (χ4n) is 2.34. The summed E-state index contributed by atoms with van der Waals surface area (Å²) in [4.78, 5) is 2.37. The highest BCUT2D eigenvalue weighted by Crippen LogP contribution is 2.27. The smallest absolute Gasteiger partial charge is 0.134 e. The topological polar surface area (TPSA) is 42.4 Å². The molecule has 3 nitrogen and oxygen atoms in total. The van der Waals surface area contributed by atoms with Gasteiger partial charge in [-0.3, -0.25) is 4.90 Å². The fraction of sp³-hybridized carbons (Fsp3) is 0.467. The first-order valence-electron chi connectivity index (χ1n) is 6.68. The third kappa shape index (κ3) is 2.74. The second kappa shape index (κ2) is 6.03. The maximum atomic E-state index is 5.92. The molecule has 1 unspecified atom stereocenters. The molecule has 1 aromatic carbocycles. The van der Waals surface area contributed by atoms with Crippen molar-refractivity contribution in [2.75, 3.05) is 19.6 Å². The monoisotopic (exact) mass is 246 g/mol. The lowest BCUT2D eigenvalue weighted by Crippen LogP contribution is -2.32. The van der Waals surface area contributed by atoms with Crippen LogP contribution in [0.15, 0.2) is 34.7 Å². The van der Waals surface area contributed by atoms with Crippen molar-refractivity contribution in [2.24, 2.45) is 5.73 Å². The van der Waals surface area contributed by atoms with Crippen LogP contribution in [-0.4, -0.2) is 24.5 Å². The molecule has 0 aliphatic rings. The predicted octanol–water partition coefficient (Wildman–Crippen LogP) is 3.16. The molecule has 0 radical (unpaired) electrons. The van der Waals surface area contributed by atoms with E-state index in [-0.39, 0.29) is 6.04 Å². The van der Waals surface area contributed by atoms with Gasteiger partial charge in [0, 0.05) is 18.5 Å². The lowest BCUT2D eigenvalue weighted by molar-refractivity contribution is 0.195. The van der Waals surface area contributed by atoms with E-state index >= 15 is 0 Å². The largest absolute Gasteiger partial charge is 0.459 e. The van der Waals surface area contributed by atoms with E-state index in [4.69, 9.17) is 10.2 Å². The van der Waals surface area contributed by atoms with Gasteiger partial charge >= 0.3 is 0 Å². The summed E-state index contributed by atoms with van der Waals surface area (Å²) in [6, 6.07) is 10.6. The van der Waals surface area contributed by atoms with Crippen molar-refractivity contribution in [2.45, 2.75) is 26.3 Å². The van der Waals surface area contributed by atoms with E-state index in [2.05, 4.69) is 30.9 Å². The Hall–Kier alpha value is -1.32. The number of hydrogen-bond donors (Lipinski definition) is 1. The number of nitrogens with zero attached hydrogens (tertiary/aromatic N) is 1. The molecule has 1 heterocycles. The summed E-state index contributed by atoms with van der Waals surface area (Å²) in [7, 11) is 0. The molecule has 2 rings (SSSR count). The van der Waals surface area contributed by atoms with Gasteiger partial charge in [-0.05, 0) is 32.0 Å². The number of benzene rings is 1. The van der Waals surface area contributed by atoms with Crippen molar-refractivity contribution in [1.29, 1.82) is 0 Å². The molecular weight excluding hydrogens is 224 g/mol. The second-order valence-electron chi connectivity index (χ2n) is 4.69. The number of fused-ring (bicyclic) bond motifs is 1. The van der Waals surface area contributed by atoms with Gasteiger partial charge in [0.05, 0.1) is 6.04 Å². The van der Waals surface area contributed by atoms with Gasteiger partial charge in [-0.2, -0.15) is 0 Å². The molecule has 0 aliphatic heterocycles. The minimum atomic E-state index is 0.279. The Morgan fingerprint density at radius 3 is 2.72 bits per heavy atom. The summed E-state index contributed by atoms with van der Waals surface area (Å²) in [6.07, 6.45) is 1.13. The molecule has 0 saturated heterocycles. The number of nitrogens with two attached hydrogens (primary N) is 1. The zero-order valence-electron chi connectivity index (χ0n) is 11.2. The summed E-state index contributed by atoms with van der Waals surface area (Å²) in [5.41, 5.74) is 6.64. The maximum Gasteiger partial charge on any atom is 0.134 e. The van der Waals surface area contributed by atoms with E-state index in [1.807, 2.05) is 18.2 Å². The quantitative estimate of drug-likeness (QED) is 0.851. The Kier molecular flexibility index (Phi) is 4.39. The molecule has 2 aromatic rings. The first-order chi connectivity index (χ1) is 8.76. The molecule has 2 N–H and O–H groups in total. The van der Waals surface area contributed by atoms with Crippen LogP contribution in [0, 0.1) is 0 Å². The summed E-state index contributed by atoms with van der Waals surface area (Å²) in [5.74, 6) is 1.03. The van der Waals surface area contributed by atoms with Crippen molar-refractivity contribution in [3.05, 3.63) is 36.1 Å². The highest BCUT2D eigenvalue weighted by atomic mass is 16.3. The van der Waals surface area contributed by atoms with Gasteiger partial charge in [-0.15, -0.1) is 0 Å². The number of hydrogen-bond acceptors (Lipinski definition) is 3. The molecule has 3 heteroatoms. The zero-order chi connectivity index (χ0) is 13.0. The molecule has 0 amide bonds. The lowest BCUT2D eigenvalue weighted by atomic mass is 10.2. The van der Waals surface area contributed by atoms with Crippen LogP contribution in [0.5, 0.6) is 0 Å². The predicted molar refractivity (Wildman–Crippen MR) is 75.5 cm³/mol. The third-order valence-electron chi connectivity index (χ3n) is 3.33. The van der Waals surface area contributed by atoms with Gasteiger partial charge in [-0.25, -0.2) is 0 Å². The molecule has 1 atom stereocenters. The highest BCUT2D eigenvalue weighted by molar-refractivity contribution is 5.77. The Bertz CT molecular complexity index is 453. The first-order valence-corrected chi connectivity index (χ1v) is 6.68. The van der Waals surface area contributed by atoms with Crippen molar-refractivity contribution in [3.8, 4) is 0 Å². The van der Waals surface area contributed by atoms with Crippen molar-refractivity contribution < 1.29 is 4.42 Å². The van der Waals surface area contributed by atoms with Crippen LogP contribution in [0.2, 0.25) is 0 Å². The Morgan fingerprint density at radius 1 is 1.28 bits per heavy atom. The van der Waals surface area contributed by atoms with Gasteiger partial charge < -0.3 is 10.2 Å². The summed E-state index contributed by atoms with van der Waals surface area (Å²) >= 11 is 0. The number of para-hydroxylation sites is 1. The van der Waals surface area contributed by atoms with Gasteiger partial charge in [0.25, 0.3) is 0 Å². The van der Waals surface area contributed by atoms with E-state index in [1.165, 1.54) is 5.39 Å². The lowest BCUT2D eigenvalue weighted by Gasteiger charge is -2.26. The summed E-state index contributed by atoms with van der Waals surface area (Å²) < 4.78 is 5.92. The van der Waals surface area contributed by atoms with Gasteiger partial charge in [0.2, 0.25) is 0 Å². The van der Waals surface area contributed by atoms with Gasteiger partial charge in [-0.1, -0.05) is 25.1 Å². The van der Waals surface area contributed by atoms with E-state index in [0.29, 0.717) is 6.54 Å². The SMILES string of the molecule is CCCN(CCN)C(C)c1cc2ccccc2o1. The van der Waals surface area contributed by atoms with Crippen LogP contribution < -0.4 is 5.73 Å². The summed E-state index contributed by atoms with van der Waals surface area (Å²) in [6.45, 7) is 7.02. The fourth-order valence-corrected chi connectivity index (χ4v) is 2.34. The molecule has 0 aliphatic carbocycles. The average molecular weight is 246 g/mol.